The summed E-state index contributed by atoms with van der Waals surface area (Å²) in [7, 11) is 0. The van der Waals surface area contributed by atoms with Gasteiger partial charge in [0.1, 0.15) is 18.0 Å². The lowest BCUT2D eigenvalue weighted by Gasteiger charge is -2.06. The van der Waals surface area contributed by atoms with Gasteiger partial charge in [-0.2, -0.15) is 4.98 Å². The molecule has 0 aliphatic carbocycles. The topological polar surface area (TPSA) is 63.0 Å². The molecule has 0 aliphatic heterocycles. The van der Waals surface area contributed by atoms with Crippen molar-refractivity contribution in [3.63, 3.8) is 0 Å². The van der Waals surface area contributed by atoms with Crippen LogP contribution in [-0.4, -0.2) is 19.9 Å². The van der Waals surface area contributed by atoms with Gasteiger partial charge in [-0.15, -0.1) is 5.10 Å². The lowest BCUT2D eigenvalue weighted by Crippen LogP contribution is -2.00. The molecule has 0 unspecified atom stereocenters. The van der Waals surface area contributed by atoms with Gasteiger partial charge in [-0.1, -0.05) is 0 Å². The average Bonchev–Trinajstić information content (AvgIpc) is 2.92. The smallest absolute Gasteiger partial charge is 0.247 e. The summed E-state index contributed by atoms with van der Waals surface area (Å²) < 4.78 is 41.4. The van der Waals surface area contributed by atoms with Gasteiger partial charge in [0.15, 0.2) is 11.6 Å². The third-order valence-corrected chi connectivity index (χ3v) is 3.05. The molecule has 5 nitrogen and oxygen atoms in total. The van der Waals surface area contributed by atoms with Crippen molar-refractivity contribution in [2.45, 2.75) is 6.92 Å². The second-order valence-electron chi connectivity index (χ2n) is 4.91. The van der Waals surface area contributed by atoms with Crippen LogP contribution in [0.3, 0.4) is 0 Å². The summed E-state index contributed by atoms with van der Waals surface area (Å²) in [4.78, 5) is 3.90. The quantitative estimate of drug-likeness (QED) is 0.776. The fourth-order valence-electron chi connectivity index (χ4n) is 2.08. The van der Waals surface area contributed by atoms with Gasteiger partial charge in [0.2, 0.25) is 5.95 Å². The molecule has 0 spiro atoms. The Bertz CT molecular complexity index is 859. The summed E-state index contributed by atoms with van der Waals surface area (Å²) in [6, 6.07) is 5.66. The molecule has 0 amide bonds. The number of aromatic nitrogens is 3. The van der Waals surface area contributed by atoms with Crippen LogP contribution in [0.1, 0.15) is 5.56 Å². The Hall–Kier alpha value is -3.03. The number of aryl methyl sites for hydroxylation is 1. The van der Waals surface area contributed by atoms with Gasteiger partial charge in [-0.3, -0.25) is 0 Å². The van der Waals surface area contributed by atoms with Gasteiger partial charge in [0.25, 0.3) is 0 Å². The van der Waals surface area contributed by atoms with E-state index in [1.54, 1.807) is 6.92 Å². The zero-order valence-electron chi connectivity index (χ0n) is 11.9. The van der Waals surface area contributed by atoms with Gasteiger partial charge in [0, 0.05) is 6.07 Å². The van der Waals surface area contributed by atoms with E-state index in [1.807, 2.05) is 0 Å². The van der Waals surface area contributed by atoms with Gasteiger partial charge < -0.3 is 10.4 Å². The van der Waals surface area contributed by atoms with Crippen molar-refractivity contribution in [2.24, 2.45) is 0 Å². The van der Waals surface area contributed by atoms with Crippen LogP contribution in [0.25, 0.3) is 5.69 Å². The first-order valence-corrected chi connectivity index (χ1v) is 6.56. The predicted molar refractivity (Wildman–Crippen MR) is 77.4 cm³/mol. The first-order valence-electron chi connectivity index (χ1n) is 6.56. The van der Waals surface area contributed by atoms with E-state index in [9.17, 15) is 18.3 Å². The number of phenolic OH excluding ortho intramolecular Hbond substituents is 1. The lowest BCUT2D eigenvalue weighted by molar-refractivity contribution is 0.433. The van der Waals surface area contributed by atoms with Crippen molar-refractivity contribution in [3.8, 4) is 11.4 Å². The maximum atomic E-state index is 13.8. The highest BCUT2D eigenvalue weighted by atomic mass is 19.1. The minimum atomic E-state index is -0.844. The zero-order chi connectivity index (χ0) is 16.6. The van der Waals surface area contributed by atoms with E-state index in [0.29, 0.717) is 5.56 Å². The summed E-state index contributed by atoms with van der Waals surface area (Å²) >= 11 is 0. The Balaban J connectivity index is 1.91. The van der Waals surface area contributed by atoms with Gasteiger partial charge in [-0.25, -0.2) is 17.9 Å². The molecule has 2 N–H and O–H groups in total. The number of hydrogen-bond acceptors (Lipinski definition) is 4. The summed E-state index contributed by atoms with van der Waals surface area (Å²) in [6.07, 6.45) is 1.23. The van der Waals surface area contributed by atoms with Crippen molar-refractivity contribution in [3.05, 3.63) is 59.7 Å². The molecule has 0 saturated carbocycles. The molecule has 3 rings (SSSR count). The fourth-order valence-corrected chi connectivity index (χ4v) is 2.08. The minimum Gasteiger partial charge on any atom is -0.505 e. The Labute approximate surface area is 129 Å². The highest BCUT2D eigenvalue weighted by Crippen LogP contribution is 2.27. The van der Waals surface area contributed by atoms with Crippen molar-refractivity contribution in [1.82, 2.24) is 14.8 Å². The van der Waals surface area contributed by atoms with Crippen LogP contribution in [0, 0.1) is 24.4 Å². The molecule has 3 aromatic rings. The van der Waals surface area contributed by atoms with Crippen LogP contribution in [-0.2, 0) is 0 Å². The van der Waals surface area contributed by atoms with Crippen LogP contribution in [0.4, 0.5) is 24.8 Å². The largest absolute Gasteiger partial charge is 0.505 e. The zero-order valence-corrected chi connectivity index (χ0v) is 11.9. The highest BCUT2D eigenvalue weighted by molar-refractivity contribution is 5.58. The third kappa shape index (κ3) is 3.10. The van der Waals surface area contributed by atoms with Crippen LogP contribution >= 0.6 is 0 Å². The number of anilines is 2. The molecule has 1 heterocycles. The monoisotopic (exact) mass is 320 g/mol. The number of rotatable bonds is 3. The van der Waals surface area contributed by atoms with Crippen molar-refractivity contribution in [2.75, 3.05) is 5.32 Å². The maximum Gasteiger partial charge on any atom is 0.247 e. The lowest BCUT2D eigenvalue weighted by atomic mass is 10.2. The third-order valence-electron chi connectivity index (χ3n) is 3.05. The number of nitrogens with zero attached hydrogens (tertiary/aromatic N) is 3. The Morgan fingerprint density at radius 1 is 1.04 bits per heavy atom. The van der Waals surface area contributed by atoms with Crippen molar-refractivity contribution < 1.29 is 18.3 Å². The molecule has 0 bridgehead atoms. The van der Waals surface area contributed by atoms with E-state index in [4.69, 9.17) is 0 Å². The van der Waals surface area contributed by atoms with E-state index in [0.717, 1.165) is 22.9 Å². The second-order valence-corrected chi connectivity index (χ2v) is 4.91. The van der Waals surface area contributed by atoms with Gasteiger partial charge in [-0.05, 0) is 36.8 Å². The minimum absolute atomic E-state index is 0.00864. The number of halogens is 3. The van der Waals surface area contributed by atoms with Gasteiger partial charge >= 0.3 is 0 Å². The summed E-state index contributed by atoms with van der Waals surface area (Å²) in [5.74, 6) is -2.83. The van der Waals surface area contributed by atoms with Crippen LogP contribution in [0.15, 0.2) is 36.7 Å². The Morgan fingerprint density at radius 2 is 1.74 bits per heavy atom. The molecular formula is C15H11F3N4O. The molecule has 1 aromatic heterocycles. The molecule has 23 heavy (non-hydrogen) atoms. The van der Waals surface area contributed by atoms with Gasteiger partial charge in [0.05, 0.1) is 11.4 Å². The normalized spacial score (nSPS) is 10.8. The van der Waals surface area contributed by atoms with E-state index >= 15 is 0 Å². The molecule has 0 aliphatic rings. The Kier molecular flexibility index (Phi) is 3.65. The molecule has 8 heteroatoms. The summed E-state index contributed by atoms with van der Waals surface area (Å²) in [6.45, 7) is 1.69. The van der Waals surface area contributed by atoms with E-state index in [1.165, 1.54) is 18.5 Å². The standard InChI is InChI=1S/C15H11F3N4O/c1-8-2-12(14(18)13(23)3-8)20-15-19-7-22(21-15)11-5-9(16)4-10(17)6-11/h2-7,23H,1H3,(H,20,21). The van der Waals surface area contributed by atoms with Crippen LogP contribution in [0.2, 0.25) is 0 Å². The number of hydrogen-bond donors (Lipinski definition) is 2. The van der Waals surface area contributed by atoms with Crippen LogP contribution in [0.5, 0.6) is 5.75 Å². The molecular weight excluding hydrogens is 309 g/mol. The van der Waals surface area contributed by atoms with E-state index in [2.05, 4.69) is 15.4 Å². The fraction of sp³-hybridized carbons (Fsp3) is 0.0667. The van der Waals surface area contributed by atoms with Crippen molar-refractivity contribution in [1.29, 1.82) is 0 Å². The average molecular weight is 320 g/mol. The molecule has 118 valence electrons. The number of phenols is 1. The molecule has 2 aromatic carbocycles. The SMILES string of the molecule is Cc1cc(O)c(F)c(Nc2ncn(-c3cc(F)cc(F)c3)n2)c1. The maximum absolute atomic E-state index is 13.8. The molecule has 0 fully saturated rings. The summed E-state index contributed by atoms with van der Waals surface area (Å²) in [5.41, 5.74) is 0.763. The molecule has 0 saturated heterocycles. The first-order chi connectivity index (χ1) is 10.9. The predicted octanol–water partition coefficient (Wildman–Crippen LogP) is 3.44. The number of aromatic hydroxyl groups is 1. The second kappa shape index (κ2) is 5.64. The first kappa shape index (κ1) is 14.9. The highest BCUT2D eigenvalue weighted by Gasteiger charge is 2.12. The number of nitrogens with one attached hydrogen (secondary N) is 1. The Morgan fingerprint density at radius 3 is 2.43 bits per heavy atom. The van der Waals surface area contributed by atoms with E-state index < -0.39 is 23.2 Å². The van der Waals surface area contributed by atoms with Crippen LogP contribution < -0.4 is 5.32 Å². The molecule has 0 radical (unpaired) electrons. The van der Waals surface area contributed by atoms with Crippen molar-refractivity contribution >= 4 is 11.6 Å². The molecule has 0 atom stereocenters. The summed E-state index contributed by atoms with van der Waals surface area (Å²) in [5, 5.41) is 16.0. The number of benzene rings is 2. The van der Waals surface area contributed by atoms with E-state index in [-0.39, 0.29) is 17.3 Å².